The largest absolute Gasteiger partial charge is 0.493 e. The Morgan fingerprint density at radius 1 is 0.971 bits per heavy atom. The lowest BCUT2D eigenvalue weighted by molar-refractivity contribution is -0.120. The van der Waals surface area contributed by atoms with Crippen LogP contribution in [0.2, 0.25) is 0 Å². The number of para-hydroxylation sites is 2. The zero-order valence-corrected chi connectivity index (χ0v) is 20.4. The molecule has 1 amide bonds. The molecule has 7 heteroatoms. The lowest BCUT2D eigenvalue weighted by Crippen LogP contribution is -2.28. The van der Waals surface area contributed by atoms with Gasteiger partial charge in [-0.1, -0.05) is 35.9 Å². The topological polar surface area (TPSA) is 74.6 Å². The highest BCUT2D eigenvalue weighted by atomic mass is 16.5. The number of carbonyl (C=O) groups is 1. The van der Waals surface area contributed by atoms with Crippen LogP contribution in [0.5, 0.6) is 17.2 Å². The lowest BCUT2D eigenvalue weighted by Gasteiger charge is -2.12. The number of nitrogens with one attached hydrogen (secondary N) is 1. The van der Waals surface area contributed by atoms with Crippen molar-refractivity contribution in [1.82, 2.24) is 14.9 Å². The molecule has 0 aliphatic heterocycles. The molecule has 0 aliphatic rings. The van der Waals surface area contributed by atoms with Crippen LogP contribution in [0.25, 0.3) is 11.0 Å². The van der Waals surface area contributed by atoms with Gasteiger partial charge in [-0.3, -0.25) is 4.79 Å². The van der Waals surface area contributed by atoms with E-state index >= 15 is 0 Å². The van der Waals surface area contributed by atoms with E-state index in [1.54, 1.807) is 14.2 Å². The maximum atomic E-state index is 12.5. The van der Waals surface area contributed by atoms with Gasteiger partial charge < -0.3 is 24.1 Å². The number of hydrogen-bond donors (Lipinski definition) is 1. The molecular weight excluding hydrogens is 442 g/mol. The second kappa shape index (κ2) is 11.4. The average Bonchev–Trinajstić information content (AvgIpc) is 3.22. The number of methoxy groups -OCH3 is 2. The molecule has 0 fully saturated rings. The summed E-state index contributed by atoms with van der Waals surface area (Å²) in [6, 6.07) is 21.6. The first kappa shape index (κ1) is 24.1. The van der Waals surface area contributed by atoms with E-state index in [2.05, 4.69) is 22.9 Å². The van der Waals surface area contributed by atoms with Gasteiger partial charge in [0.15, 0.2) is 11.5 Å². The third kappa shape index (κ3) is 6.12. The van der Waals surface area contributed by atoms with Crippen LogP contribution in [0.3, 0.4) is 0 Å². The van der Waals surface area contributed by atoms with Crippen LogP contribution >= 0.6 is 0 Å². The third-order valence-electron chi connectivity index (χ3n) is 5.82. The van der Waals surface area contributed by atoms with Crippen LogP contribution in [0.4, 0.5) is 0 Å². The molecule has 0 saturated carbocycles. The van der Waals surface area contributed by atoms with E-state index in [-0.39, 0.29) is 12.3 Å². The van der Waals surface area contributed by atoms with E-state index in [1.165, 1.54) is 5.56 Å². The van der Waals surface area contributed by atoms with Crippen molar-refractivity contribution in [3.8, 4) is 17.2 Å². The van der Waals surface area contributed by atoms with Crippen LogP contribution < -0.4 is 19.5 Å². The number of aryl methyl sites for hydroxylation is 1. The molecule has 182 valence electrons. The molecule has 0 atom stereocenters. The Morgan fingerprint density at radius 3 is 2.51 bits per heavy atom. The van der Waals surface area contributed by atoms with Crippen LogP contribution in [-0.4, -0.2) is 42.8 Å². The smallest absolute Gasteiger partial charge is 0.224 e. The van der Waals surface area contributed by atoms with Crippen molar-refractivity contribution < 1.29 is 19.0 Å². The highest BCUT2D eigenvalue weighted by molar-refractivity contribution is 5.79. The molecule has 7 nitrogen and oxygen atoms in total. The third-order valence-corrected chi connectivity index (χ3v) is 5.82. The van der Waals surface area contributed by atoms with Gasteiger partial charge in [-0.25, -0.2) is 4.98 Å². The Balaban J connectivity index is 1.36. The number of fused-ring (bicyclic) bond motifs is 1. The number of hydrogen-bond acceptors (Lipinski definition) is 5. The van der Waals surface area contributed by atoms with Gasteiger partial charge in [-0.2, -0.15) is 0 Å². The minimum Gasteiger partial charge on any atom is -0.493 e. The normalized spacial score (nSPS) is 10.8. The van der Waals surface area contributed by atoms with Gasteiger partial charge in [-0.15, -0.1) is 0 Å². The highest BCUT2D eigenvalue weighted by Gasteiger charge is 2.12. The van der Waals surface area contributed by atoms with Crippen molar-refractivity contribution in [2.75, 3.05) is 27.4 Å². The van der Waals surface area contributed by atoms with E-state index in [9.17, 15) is 4.79 Å². The van der Waals surface area contributed by atoms with E-state index in [0.29, 0.717) is 37.6 Å². The number of aromatic nitrogens is 2. The van der Waals surface area contributed by atoms with Crippen LogP contribution in [0.1, 0.15) is 17.0 Å². The molecular formula is C28H31N3O4. The molecule has 1 N–H and O–H groups in total. The molecule has 0 radical (unpaired) electrons. The molecule has 0 bridgehead atoms. The summed E-state index contributed by atoms with van der Waals surface area (Å²) < 4.78 is 18.7. The van der Waals surface area contributed by atoms with Crippen LogP contribution in [0, 0.1) is 6.92 Å². The van der Waals surface area contributed by atoms with Gasteiger partial charge in [0.25, 0.3) is 0 Å². The Morgan fingerprint density at radius 2 is 1.74 bits per heavy atom. The summed E-state index contributed by atoms with van der Waals surface area (Å²) in [6.07, 6.45) is 0.887. The fourth-order valence-corrected chi connectivity index (χ4v) is 4.01. The molecule has 3 aromatic carbocycles. The summed E-state index contributed by atoms with van der Waals surface area (Å²) in [4.78, 5) is 17.3. The van der Waals surface area contributed by atoms with Crippen molar-refractivity contribution in [3.05, 3.63) is 83.7 Å². The van der Waals surface area contributed by atoms with Crippen LogP contribution in [-0.2, 0) is 24.2 Å². The molecule has 4 aromatic rings. The number of amides is 1. The van der Waals surface area contributed by atoms with Gasteiger partial charge in [0.2, 0.25) is 5.91 Å². The van der Waals surface area contributed by atoms with Crippen molar-refractivity contribution in [2.24, 2.45) is 0 Å². The molecule has 1 aromatic heterocycles. The summed E-state index contributed by atoms with van der Waals surface area (Å²) in [7, 11) is 3.17. The van der Waals surface area contributed by atoms with E-state index < -0.39 is 0 Å². The maximum Gasteiger partial charge on any atom is 0.224 e. The predicted molar refractivity (Wildman–Crippen MR) is 136 cm³/mol. The van der Waals surface area contributed by atoms with Crippen molar-refractivity contribution in [3.63, 3.8) is 0 Å². The molecule has 0 spiro atoms. The van der Waals surface area contributed by atoms with Gasteiger partial charge in [0.1, 0.15) is 18.2 Å². The second-order valence-corrected chi connectivity index (χ2v) is 8.30. The standard InChI is InChI=1S/C28H31N3O4/c1-20-8-11-22(12-9-20)35-17-16-31-24-7-5-4-6-23(24)30-27(31)14-15-29-28(32)19-21-10-13-25(33-2)26(18-21)34-3/h4-13,18H,14-17,19H2,1-3H3,(H,29,32). The highest BCUT2D eigenvalue weighted by Crippen LogP contribution is 2.27. The van der Waals surface area contributed by atoms with E-state index in [1.807, 2.05) is 60.7 Å². The summed E-state index contributed by atoms with van der Waals surface area (Å²) >= 11 is 0. The Labute approximate surface area is 205 Å². The minimum absolute atomic E-state index is 0.0532. The summed E-state index contributed by atoms with van der Waals surface area (Å²) in [5.74, 6) is 2.97. The zero-order valence-electron chi connectivity index (χ0n) is 20.4. The SMILES string of the molecule is COc1ccc(CC(=O)NCCc2nc3ccccc3n2CCOc2ccc(C)cc2)cc1OC. The Bertz CT molecular complexity index is 1280. The number of carbonyl (C=O) groups excluding carboxylic acids is 1. The number of rotatable bonds is 11. The summed E-state index contributed by atoms with van der Waals surface area (Å²) in [5.41, 5.74) is 4.07. The zero-order chi connectivity index (χ0) is 24.6. The van der Waals surface area contributed by atoms with Gasteiger partial charge in [-0.05, 0) is 48.9 Å². The minimum atomic E-state index is -0.0532. The molecule has 1 heterocycles. The average molecular weight is 474 g/mol. The first-order valence-corrected chi connectivity index (χ1v) is 11.7. The fraction of sp³-hybridized carbons (Fsp3) is 0.286. The maximum absolute atomic E-state index is 12.5. The quantitative estimate of drug-likeness (QED) is 0.351. The summed E-state index contributed by atoms with van der Waals surface area (Å²) in [5, 5.41) is 3.01. The van der Waals surface area contributed by atoms with Gasteiger partial charge >= 0.3 is 0 Å². The first-order chi connectivity index (χ1) is 17.1. The Kier molecular flexibility index (Phi) is 7.88. The van der Waals surface area contributed by atoms with Crippen molar-refractivity contribution >= 4 is 16.9 Å². The van der Waals surface area contributed by atoms with Crippen LogP contribution in [0.15, 0.2) is 66.7 Å². The molecule has 0 aliphatic carbocycles. The molecule has 35 heavy (non-hydrogen) atoms. The number of imidazole rings is 1. The molecule has 0 saturated heterocycles. The second-order valence-electron chi connectivity index (χ2n) is 8.30. The monoisotopic (exact) mass is 473 g/mol. The number of ether oxygens (including phenoxy) is 3. The van der Waals surface area contributed by atoms with E-state index in [0.717, 1.165) is 28.2 Å². The first-order valence-electron chi connectivity index (χ1n) is 11.7. The van der Waals surface area contributed by atoms with Crippen molar-refractivity contribution in [2.45, 2.75) is 26.3 Å². The van der Waals surface area contributed by atoms with Gasteiger partial charge in [0, 0.05) is 13.0 Å². The molecule has 0 unspecified atom stereocenters. The fourth-order valence-electron chi connectivity index (χ4n) is 4.01. The number of benzene rings is 3. The number of nitrogens with zero attached hydrogens (tertiary/aromatic N) is 2. The van der Waals surface area contributed by atoms with Gasteiger partial charge in [0.05, 0.1) is 38.2 Å². The van der Waals surface area contributed by atoms with E-state index in [4.69, 9.17) is 19.2 Å². The lowest BCUT2D eigenvalue weighted by atomic mass is 10.1. The van der Waals surface area contributed by atoms with Crippen molar-refractivity contribution in [1.29, 1.82) is 0 Å². The Hall–Kier alpha value is -4.00. The predicted octanol–water partition coefficient (Wildman–Crippen LogP) is 4.34. The molecule has 4 rings (SSSR count). The summed E-state index contributed by atoms with van der Waals surface area (Å²) in [6.45, 7) is 3.75.